The minimum atomic E-state index is -0.0324. The Kier molecular flexibility index (Phi) is 3.87. The SMILES string of the molecule is CCOc1cccc(C(C)N2CC(N)CC2=O)c1. The Morgan fingerprint density at radius 3 is 2.94 bits per heavy atom. The summed E-state index contributed by atoms with van der Waals surface area (Å²) in [6, 6.07) is 7.91. The number of carbonyl (C=O) groups is 1. The third-order valence-electron chi connectivity index (χ3n) is 3.31. The number of rotatable bonds is 4. The van der Waals surface area contributed by atoms with Gasteiger partial charge in [0.1, 0.15) is 5.75 Å². The first-order valence-corrected chi connectivity index (χ1v) is 6.39. The minimum absolute atomic E-state index is 0.0324. The van der Waals surface area contributed by atoms with Gasteiger partial charge >= 0.3 is 0 Å². The largest absolute Gasteiger partial charge is 0.494 e. The van der Waals surface area contributed by atoms with E-state index < -0.39 is 0 Å². The van der Waals surface area contributed by atoms with E-state index in [-0.39, 0.29) is 18.0 Å². The maximum atomic E-state index is 11.8. The van der Waals surface area contributed by atoms with Gasteiger partial charge in [-0.15, -0.1) is 0 Å². The summed E-state index contributed by atoms with van der Waals surface area (Å²) in [5.41, 5.74) is 6.91. The number of nitrogens with zero attached hydrogens (tertiary/aromatic N) is 1. The molecular weight excluding hydrogens is 228 g/mol. The van der Waals surface area contributed by atoms with E-state index in [1.165, 1.54) is 0 Å². The highest BCUT2D eigenvalue weighted by Gasteiger charge is 2.31. The van der Waals surface area contributed by atoms with Gasteiger partial charge in [-0.1, -0.05) is 12.1 Å². The second-order valence-corrected chi connectivity index (χ2v) is 4.69. The Bertz CT molecular complexity index is 434. The van der Waals surface area contributed by atoms with Crippen molar-refractivity contribution in [2.45, 2.75) is 32.4 Å². The third kappa shape index (κ3) is 2.64. The second-order valence-electron chi connectivity index (χ2n) is 4.69. The molecule has 18 heavy (non-hydrogen) atoms. The molecule has 0 bridgehead atoms. The molecule has 98 valence electrons. The normalized spacial score (nSPS) is 21.2. The van der Waals surface area contributed by atoms with Crippen molar-refractivity contribution in [1.82, 2.24) is 4.90 Å². The van der Waals surface area contributed by atoms with Crippen LogP contribution in [0.15, 0.2) is 24.3 Å². The minimum Gasteiger partial charge on any atom is -0.494 e. The van der Waals surface area contributed by atoms with Gasteiger partial charge in [0, 0.05) is 19.0 Å². The smallest absolute Gasteiger partial charge is 0.224 e. The van der Waals surface area contributed by atoms with Gasteiger partial charge in [0.05, 0.1) is 12.6 Å². The molecule has 2 atom stereocenters. The number of nitrogens with two attached hydrogens (primary N) is 1. The molecule has 2 N–H and O–H groups in total. The van der Waals surface area contributed by atoms with Crippen LogP contribution >= 0.6 is 0 Å². The number of carbonyl (C=O) groups excluding carboxylic acids is 1. The molecule has 2 unspecified atom stereocenters. The lowest BCUT2D eigenvalue weighted by molar-refractivity contribution is -0.129. The lowest BCUT2D eigenvalue weighted by atomic mass is 10.1. The quantitative estimate of drug-likeness (QED) is 0.882. The standard InChI is InChI=1S/C14H20N2O2/c1-3-18-13-6-4-5-11(7-13)10(2)16-9-12(15)8-14(16)17/h4-7,10,12H,3,8-9,15H2,1-2H3. The summed E-state index contributed by atoms with van der Waals surface area (Å²) in [6.07, 6.45) is 0.454. The van der Waals surface area contributed by atoms with Crippen LogP contribution in [-0.2, 0) is 4.79 Å². The van der Waals surface area contributed by atoms with Crippen LogP contribution in [0.3, 0.4) is 0 Å². The monoisotopic (exact) mass is 248 g/mol. The summed E-state index contributed by atoms with van der Waals surface area (Å²) < 4.78 is 5.48. The van der Waals surface area contributed by atoms with E-state index in [9.17, 15) is 4.79 Å². The van der Waals surface area contributed by atoms with E-state index in [1.807, 2.05) is 43.0 Å². The first kappa shape index (κ1) is 12.9. The lowest BCUT2D eigenvalue weighted by Crippen LogP contribution is -2.30. The van der Waals surface area contributed by atoms with E-state index in [0.717, 1.165) is 11.3 Å². The molecule has 0 aliphatic carbocycles. The molecule has 0 saturated carbocycles. The highest BCUT2D eigenvalue weighted by atomic mass is 16.5. The van der Waals surface area contributed by atoms with Gasteiger partial charge in [-0.3, -0.25) is 4.79 Å². The van der Waals surface area contributed by atoms with Crippen LogP contribution in [0.5, 0.6) is 5.75 Å². The number of hydrogen-bond donors (Lipinski definition) is 1. The zero-order valence-electron chi connectivity index (χ0n) is 10.9. The molecule has 0 radical (unpaired) electrons. The fraction of sp³-hybridized carbons (Fsp3) is 0.500. The van der Waals surface area contributed by atoms with Crippen molar-refractivity contribution in [1.29, 1.82) is 0 Å². The predicted molar refractivity (Wildman–Crippen MR) is 70.3 cm³/mol. The summed E-state index contributed by atoms with van der Waals surface area (Å²) in [5.74, 6) is 0.981. The molecule has 1 fully saturated rings. The Hall–Kier alpha value is -1.55. The molecule has 2 rings (SSSR count). The average Bonchev–Trinajstić information content (AvgIpc) is 2.68. The molecule has 1 heterocycles. The molecule has 1 aromatic rings. The van der Waals surface area contributed by atoms with E-state index in [1.54, 1.807) is 0 Å². The maximum Gasteiger partial charge on any atom is 0.224 e. The van der Waals surface area contributed by atoms with Crippen molar-refractivity contribution in [3.63, 3.8) is 0 Å². The zero-order chi connectivity index (χ0) is 13.1. The fourth-order valence-corrected chi connectivity index (χ4v) is 2.35. The van der Waals surface area contributed by atoms with E-state index >= 15 is 0 Å². The van der Waals surface area contributed by atoms with Crippen molar-refractivity contribution >= 4 is 5.91 Å². The van der Waals surface area contributed by atoms with E-state index in [2.05, 4.69) is 0 Å². The van der Waals surface area contributed by atoms with Crippen molar-refractivity contribution in [2.24, 2.45) is 5.73 Å². The maximum absolute atomic E-state index is 11.8. The van der Waals surface area contributed by atoms with E-state index in [4.69, 9.17) is 10.5 Å². The van der Waals surface area contributed by atoms with Crippen LogP contribution in [0, 0.1) is 0 Å². The Morgan fingerprint density at radius 1 is 1.56 bits per heavy atom. The highest BCUT2D eigenvalue weighted by molar-refractivity contribution is 5.79. The molecule has 1 aliphatic heterocycles. The van der Waals surface area contributed by atoms with Crippen molar-refractivity contribution in [2.75, 3.05) is 13.2 Å². The summed E-state index contributed by atoms with van der Waals surface area (Å²) in [7, 11) is 0. The Balaban J connectivity index is 2.15. The average molecular weight is 248 g/mol. The number of benzene rings is 1. The van der Waals surface area contributed by atoms with Gasteiger partial charge in [0.15, 0.2) is 0 Å². The molecule has 1 saturated heterocycles. The van der Waals surface area contributed by atoms with Gasteiger partial charge in [0.2, 0.25) is 5.91 Å². The van der Waals surface area contributed by atoms with Crippen molar-refractivity contribution < 1.29 is 9.53 Å². The van der Waals surface area contributed by atoms with E-state index in [0.29, 0.717) is 19.6 Å². The first-order chi connectivity index (χ1) is 8.61. The van der Waals surface area contributed by atoms with Crippen LogP contribution in [0.4, 0.5) is 0 Å². The molecule has 4 heteroatoms. The van der Waals surface area contributed by atoms with Gasteiger partial charge in [0.25, 0.3) is 0 Å². The predicted octanol–water partition coefficient (Wildman–Crippen LogP) is 1.71. The number of amides is 1. The molecule has 1 aromatic carbocycles. The second kappa shape index (κ2) is 5.40. The Labute approximate surface area is 108 Å². The van der Waals surface area contributed by atoms with Gasteiger partial charge in [-0.25, -0.2) is 0 Å². The highest BCUT2D eigenvalue weighted by Crippen LogP contribution is 2.27. The lowest BCUT2D eigenvalue weighted by Gasteiger charge is -2.25. The fourth-order valence-electron chi connectivity index (χ4n) is 2.35. The van der Waals surface area contributed by atoms with Gasteiger partial charge < -0.3 is 15.4 Å². The van der Waals surface area contributed by atoms with Crippen LogP contribution in [0.2, 0.25) is 0 Å². The summed E-state index contributed by atoms with van der Waals surface area (Å²) in [4.78, 5) is 13.7. The van der Waals surface area contributed by atoms with Crippen LogP contribution in [-0.4, -0.2) is 30.0 Å². The Morgan fingerprint density at radius 2 is 2.33 bits per heavy atom. The summed E-state index contributed by atoms with van der Waals surface area (Å²) in [5, 5.41) is 0. The third-order valence-corrected chi connectivity index (χ3v) is 3.31. The van der Waals surface area contributed by atoms with Crippen molar-refractivity contribution in [3.8, 4) is 5.75 Å². The number of hydrogen-bond acceptors (Lipinski definition) is 3. The number of likely N-dealkylation sites (tertiary alicyclic amines) is 1. The van der Waals surface area contributed by atoms with Crippen LogP contribution < -0.4 is 10.5 Å². The summed E-state index contributed by atoms with van der Waals surface area (Å²) in [6.45, 7) is 5.27. The first-order valence-electron chi connectivity index (χ1n) is 6.39. The number of ether oxygens (including phenoxy) is 1. The zero-order valence-corrected chi connectivity index (χ0v) is 10.9. The molecule has 0 spiro atoms. The molecule has 4 nitrogen and oxygen atoms in total. The van der Waals surface area contributed by atoms with Gasteiger partial charge in [-0.05, 0) is 31.5 Å². The van der Waals surface area contributed by atoms with Crippen LogP contribution in [0.25, 0.3) is 0 Å². The molecule has 0 aromatic heterocycles. The van der Waals surface area contributed by atoms with Crippen molar-refractivity contribution in [3.05, 3.63) is 29.8 Å². The van der Waals surface area contributed by atoms with Crippen LogP contribution in [0.1, 0.15) is 31.9 Å². The molecular formula is C14H20N2O2. The summed E-state index contributed by atoms with van der Waals surface area (Å²) >= 11 is 0. The molecule has 1 amide bonds. The topological polar surface area (TPSA) is 55.6 Å². The van der Waals surface area contributed by atoms with Gasteiger partial charge in [-0.2, -0.15) is 0 Å². The molecule has 1 aliphatic rings.